The van der Waals surface area contributed by atoms with Crippen molar-refractivity contribution in [2.75, 3.05) is 23.7 Å². The number of halogens is 1. The number of nitrogens with zero attached hydrogens (tertiary/aromatic N) is 2. The number of nitrogens with two attached hydrogens (primary N) is 1. The molecule has 3 nitrogen and oxygen atoms in total. The summed E-state index contributed by atoms with van der Waals surface area (Å²) in [6.07, 6.45) is 3.72. The molecule has 0 saturated carbocycles. The maximum absolute atomic E-state index is 5.92. The molecule has 2 N–H and O–H groups in total. The Morgan fingerprint density at radius 2 is 2.12 bits per heavy atom. The van der Waals surface area contributed by atoms with Crippen LogP contribution in [0.25, 0.3) is 0 Å². The van der Waals surface area contributed by atoms with Gasteiger partial charge in [0.2, 0.25) is 0 Å². The number of aromatic nitrogens is 1. The predicted molar refractivity (Wildman–Crippen MR) is 68.9 cm³/mol. The molecule has 4 heteroatoms. The SMILES string of the molecule is CCC1CCN(c2nc(Cl)ccc2N)CC1. The highest BCUT2D eigenvalue weighted by Gasteiger charge is 2.20. The molecule has 1 saturated heterocycles. The number of nitrogen functional groups attached to an aromatic ring is 1. The van der Waals surface area contributed by atoms with Gasteiger partial charge in [-0.25, -0.2) is 4.98 Å². The van der Waals surface area contributed by atoms with Gasteiger partial charge in [0.1, 0.15) is 5.15 Å². The van der Waals surface area contributed by atoms with Crippen LogP contribution >= 0.6 is 11.6 Å². The minimum Gasteiger partial charge on any atom is -0.396 e. The van der Waals surface area contributed by atoms with Gasteiger partial charge in [0.05, 0.1) is 5.69 Å². The van der Waals surface area contributed by atoms with Gasteiger partial charge in [-0.2, -0.15) is 0 Å². The molecule has 88 valence electrons. The molecular weight excluding hydrogens is 222 g/mol. The largest absolute Gasteiger partial charge is 0.396 e. The van der Waals surface area contributed by atoms with Crippen molar-refractivity contribution < 1.29 is 0 Å². The lowest BCUT2D eigenvalue weighted by Gasteiger charge is -2.33. The maximum atomic E-state index is 5.92. The van der Waals surface area contributed by atoms with Crippen molar-refractivity contribution in [3.63, 3.8) is 0 Å². The van der Waals surface area contributed by atoms with E-state index in [-0.39, 0.29) is 0 Å². The van der Waals surface area contributed by atoms with Crippen molar-refractivity contribution in [2.24, 2.45) is 5.92 Å². The quantitative estimate of drug-likeness (QED) is 0.807. The van der Waals surface area contributed by atoms with E-state index < -0.39 is 0 Å². The fraction of sp³-hybridized carbons (Fsp3) is 0.583. The van der Waals surface area contributed by atoms with Gasteiger partial charge in [0.15, 0.2) is 5.82 Å². The summed E-state index contributed by atoms with van der Waals surface area (Å²) >= 11 is 5.90. The number of pyridine rings is 1. The molecule has 16 heavy (non-hydrogen) atoms. The third-order valence-corrected chi connectivity index (χ3v) is 3.57. The van der Waals surface area contributed by atoms with Gasteiger partial charge in [0, 0.05) is 13.1 Å². The zero-order valence-electron chi connectivity index (χ0n) is 9.62. The van der Waals surface area contributed by atoms with Crippen LogP contribution in [0.1, 0.15) is 26.2 Å². The molecule has 0 aliphatic carbocycles. The summed E-state index contributed by atoms with van der Waals surface area (Å²) < 4.78 is 0. The summed E-state index contributed by atoms with van der Waals surface area (Å²) in [7, 11) is 0. The predicted octanol–water partition coefficient (Wildman–Crippen LogP) is 2.94. The van der Waals surface area contributed by atoms with Gasteiger partial charge in [-0.3, -0.25) is 0 Å². The number of anilines is 2. The summed E-state index contributed by atoms with van der Waals surface area (Å²) in [5.74, 6) is 1.71. The Hall–Kier alpha value is -0.960. The highest BCUT2D eigenvalue weighted by Crippen LogP contribution is 2.28. The zero-order valence-corrected chi connectivity index (χ0v) is 10.4. The second-order valence-corrected chi connectivity index (χ2v) is 4.77. The van der Waals surface area contributed by atoms with Crippen LogP contribution in [0.5, 0.6) is 0 Å². The summed E-state index contributed by atoms with van der Waals surface area (Å²) in [4.78, 5) is 6.56. The van der Waals surface area contributed by atoms with E-state index in [1.807, 2.05) is 6.07 Å². The van der Waals surface area contributed by atoms with Gasteiger partial charge in [0.25, 0.3) is 0 Å². The summed E-state index contributed by atoms with van der Waals surface area (Å²) in [6.45, 7) is 4.33. The maximum Gasteiger partial charge on any atom is 0.153 e. The molecule has 1 aromatic rings. The second-order valence-electron chi connectivity index (χ2n) is 4.39. The van der Waals surface area contributed by atoms with Crippen LogP contribution in [-0.4, -0.2) is 18.1 Å². The Kier molecular flexibility index (Phi) is 3.54. The summed E-state index contributed by atoms with van der Waals surface area (Å²) in [5.41, 5.74) is 6.65. The van der Waals surface area contributed by atoms with E-state index in [0.717, 1.165) is 30.5 Å². The topological polar surface area (TPSA) is 42.2 Å². The second kappa shape index (κ2) is 4.91. The van der Waals surface area contributed by atoms with Crippen molar-refractivity contribution >= 4 is 23.1 Å². The molecule has 1 fully saturated rings. The minimum absolute atomic E-state index is 0.516. The van der Waals surface area contributed by atoms with Gasteiger partial charge in [-0.15, -0.1) is 0 Å². The number of piperidine rings is 1. The first kappa shape index (κ1) is 11.5. The van der Waals surface area contributed by atoms with Crippen molar-refractivity contribution in [1.82, 2.24) is 4.98 Å². The van der Waals surface area contributed by atoms with Gasteiger partial charge >= 0.3 is 0 Å². The molecule has 0 spiro atoms. The van der Waals surface area contributed by atoms with Gasteiger partial charge < -0.3 is 10.6 Å². The molecule has 0 aromatic carbocycles. The van der Waals surface area contributed by atoms with Crippen LogP contribution in [0.2, 0.25) is 5.15 Å². The van der Waals surface area contributed by atoms with Crippen LogP contribution < -0.4 is 10.6 Å². The molecule has 0 amide bonds. The number of hydrogen-bond acceptors (Lipinski definition) is 3. The highest BCUT2D eigenvalue weighted by atomic mass is 35.5. The fourth-order valence-electron chi connectivity index (χ4n) is 2.24. The van der Waals surface area contributed by atoms with Crippen LogP contribution in [0, 0.1) is 5.92 Å². The first-order chi connectivity index (χ1) is 7.70. The molecular formula is C12H18ClN3. The van der Waals surface area contributed by atoms with E-state index in [0.29, 0.717) is 5.15 Å². The Bertz CT molecular complexity index is 359. The van der Waals surface area contributed by atoms with Gasteiger partial charge in [-0.1, -0.05) is 24.9 Å². The van der Waals surface area contributed by atoms with Crippen molar-refractivity contribution in [3.8, 4) is 0 Å². The average Bonchev–Trinajstić information content (AvgIpc) is 2.32. The van der Waals surface area contributed by atoms with E-state index in [4.69, 9.17) is 17.3 Å². The van der Waals surface area contributed by atoms with Crippen LogP contribution in [-0.2, 0) is 0 Å². The molecule has 0 atom stereocenters. The summed E-state index contributed by atoms with van der Waals surface area (Å²) in [5, 5.41) is 0.516. The molecule has 0 unspecified atom stereocenters. The lowest BCUT2D eigenvalue weighted by molar-refractivity contribution is 0.394. The Labute approximate surface area is 102 Å². The van der Waals surface area contributed by atoms with E-state index in [1.165, 1.54) is 19.3 Å². The molecule has 2 heterocycles. The van der Waals surface area contributed by atoms with Gasteiger partial charge in [-0.05, 0) is 30.9 Å². The smallest absolute Gasteiger partial charge is 0.153 e. The Balaban J connectivity index is 2.10. The van der Waals surface area contributed by atoms with E-state index >= 15 is 0 Å². The normalized spacial score (nSPS) is 17.8. The standard InChI is InChI=1S/C12H18ClN3/c1-2-9-5-7-16(8-6-9)12-10(14)3-4-11(13)15-12/h3-4,9H,2,5-8,14H2,1H3. The number of rotatable bonds is 2. The molecule has 0 radical (unpaired) electrons. The van der Waals surface area contributed by atoms with Crippen molar-refractivity contribution in [3.05, 3.63) is 17.3 Å². The van der Waals surface area contributed by atoms with E-state index in [9.17, 15) is 0 Å². The highest BCUT2D eigenvalue weighted by molar-refractivity contribution is 6.29. The van der Waals surface area contributed by atoms with Crippen molar-refractivity contribution in [2.45, 2.75) is 26.2 Å². The molecule has 0 bridgehead atoms. The Morgan fingerprint density at radius 1 is 1.44 bits per heavy atom. The first-order valence-electron chi connectivity index (χ1n) is 5.87. The third-order valence-electron chi connectivity index (χ3n) is 3.36. The first-order valence-corrected chi connectivity index (χ1v) is 6.25. The minimum atomic E-state index is 0.516. The summed E-state index contributed by atoms with van der Waals surface area (Å²) in [6, 6.07) is 3.57. The lowest BCUT2D eigenvalue weighted by atomic mass is 9.94. The molecule has 1 aliphatic rings. The average molecular weight is 240 g/mol. The van der Waals surface area contributed by atoms with E-state index in [1.54, 1.807) is 6.07 Å². The monoisotopic (exact) mass is 239 g/mol. The molecule has 1 aromatic heterocycles. The van der Waals surface area contributed by atoms with Crippen molar-refractivity contribution in [1.29, 1.82) is 0 Å². The van der Waals surface area contributed by atoms with Crippen LogP contribution in [0.4, 0.5) is 11.5 Å². The molecule has 1 aliphatic heterocycles. The number of hydrogen-bond donors (Lipinski definition) is 1. The van der Waals surface area contributed by atoms with Crippen LogP contribution in [0.15, 0.2) is 12.1 Å². The fourth-order valence-corrected chi connectivity index (χ4v) is 2.39. The Morgan fingerprint density at radius 3 is 2.75 bits per heavy atom. The van der Waals surface area contributed by atoms with Crippen LogP contribution in [0.3, 0.4) is 0 Å². The molecule has 2 rings (SSSR count). The third kappa shape index (κ3) is 2.40. The lowest BCUT2D eigenvalue weighted by Crippen LogP contribution is -2.34. The van der Waals surface area contributed by atoms with E-state index in [2.05, 4.69) is 16.8 Å². The zero-order chi connectivity index (χ0) is 11.5.